The van der Waals surface area contributed by atoms with Gasteiger partial charge >= 0.3 is 0 Å². The normalized spacial score (nSPS) is 10.4. The van der Waals surface area contributed by atoms with Crippen LogP contribution in [0.15, 0.2) is 35.1 Å². The van der Waals surface area contributed by atoms with Gasteiger partial charge in [-0.05, 0) is 40.1 Å². The first-order valence-corrected chi connectivity index (χ1v) is 5.35. The molecular weight excluding hydrogens is 283 g/mol. The molecule has 0 saturated carbocycles. The van der Waals surface area contributed by atoms with Crippen molar-refractivity contribution in [2.24, 2.45) is 0 Å². The first-order valence-electron chi connectivity index (χ1n) is 3.46. The summed E-state index contributed by atoms with van der Waals surface area (Å²) in [5.41, 5.74) is 0. The van der Waals surface area contributed by atoms with Crippen LogP contribution in [0.4, 0.5) is 0 Å². The number of benzene rings is 1. The molecule has 0 N–H and O–H groups in total. The van der Waals surface area contributed by atoms with E-state index in [1.165, 1.54) is 11.3 Å². The predicted octanol–water partition coefficient (Wildman–Crippen LogP) is 2.87. The van der Waals surface area contributed by atoms with Crippen LogP contribution in [0.3, 0.4) is 0 Å². The summed E-state index contributed by atoms with van der Waals surface area (Å²) in [6.45, 7) is 0. The Kier molecular flexibility index (Phi) is 2.14. The zero-order chi connectivity index (χ0) is 8.55. The summed E-state index contributed by atoms with van der Waals surface area (Å²) in [4.78, 5) is 11.2. The molecule has 0 aliphatic rings. The molecule has 0 saturated heterocycles. The molecule has 0 spiro atoms. The zero-order valence-corrected chi connectivity index (χ0v) is 9.06. The topological polar surface area (TPSA) is 17.1 Å². The van der Waals surface area contributed by atoms with Crippen molar-refractivity contribution in [3.05, 3.63) is 43.4 Å². The smallest absolute Gasteiger partial charge is 0.246 e. The molecule has 0 aliphatic carbocycles. The second-order valence-electron chi connectivity index (χ2n) is 2.42. The minimum absolute atomic E-state index is 0.147. The van der Waals surface area contributed by atoms with Crippen LogP contribution in [0.2, 0.25) is 0 Å². The summed E-state index contributed by atoms with van der Waals surface area (Å²) in [5, 5.41) is 1.14. The molecule has 0 radical (unpaired) electrons. The van der Waals surface area contributed by atoms with Gasteiger partial charge in [0.25, 0.3) is 0 Å². The van der Waals surface area contributed by atoms with Gasteiger partial charge in [-0.2, -0.15) is 0 Å². The minimum Gasteiger partial charge on any atom is -0.277 e. The second kappa shape index (κ2) is 3.14. The summed E-state index contributed by atoms with van der Waals surface area (Å²) < 4.78 is 2.01. The Labute approximate surface area is 87.2 Å². The summed E-state index contributed by atoms with van der Waals surface area (Å²) in [6, 6.07) is 9.85. The summed E-state index contributed by atoms with van der Waals surface area (Å²) in [5.74, 6) is 0. The van der Waals surface area contributed by atoms with Crippen molar-refractivity contribution < 1.29 is 0 Å². The first-order chi connectivity index (χ1) is 5.77. The van der Waals surface area contributed by atoms with Gasteiger partial charge in [-0.25, -0.2) is 0 Å². The third kappa shape index (κ3) is 1.38. The van der Waals surface area contributed by atoms with Crippen molar-refractivity contribution in [2.75, 3.05) is 0 Å². The first kappa shape index (κ1) is 8.19. The van der Waals surface area contributed by atoms with Gasteiger partial charge < -0.3 is 0 Å². The van der Waals surface area contributed by atoms with E-state index in [2.05, 4.69) is 22.6 Å². The van der Waals surface area contributed by atoms with Crippen LogP contribution >= 0.6 is 33.9 Å². The SMILES string of the molecule is O=c1sc2ccccc2cc1I. The van der Waals surface area contributed by atoms with Gasteiger partial charge in [0.15, 0.2) is 0 Å². The molecule has 1 aromatic carbocycles. The Morgan fingerprint density at radius 1 is 1.25 bits per heavy atom. The molecule has 2 rings (SSSR count). The average molecular weight is 288 g/mol. The van der Waals surface area contributed by atoms with Gasteiger partial charge in [0.05, 0.1) is 3.57 Å². The van der Waals surface area contributed by atoms with E-state index in [1.807, 2.05) is 30.3 Å². The van der Waals surface area contributed by atoms with Crippen LogP contribution in [-0.2, 0) is 0 Å². The number of halogens is 1. The third-order valence-electron chi connectivity index (χ3n) is 1.60. The van der Waals surface area contributed by atoms with Gasteiger partial charge in [0.2, 0.25) is 4.74 Å². The largest absolute Gasteiger partial charge is 0.277 e. The van der Waals surface area contributed by atoms with Crippen molar-refractivity contribution >= 4 is 44.0 Å². The van der Waals surface area contributed by atoms with E-state index in [-0.39, 0.29) is 4.74 Å². The highest BCUT2D eigenvalue weighted by Crippen LogP contribution is 2.17. The lowest BCUT2D eigenvalue weighted by Crippen LogP contribution is -1.97. The lowest BCUT2D eigenvalue weighted by Gasteiger charge is -1.94. The highest BCUT2D eigenvalue weighted by atomic mass is 127. The van der Waals surface area contributed by atoms with Crippen LogP contribution in [0.5, 0.6) is 0 Å². The van der Waals surface area contributed by atoms with E-state index in [4.69, 9.17) is 0 Å². The maximum absolute atomic E-state index is 11.2. The Balaban J connectivity index is 2.93. The van der Waals surface area contributed by atoms with Gasteiger partial charge in [0, 0.05) is 4.70 Å². The van der Waals surface area contributed by atoms with Crippen LogP contribution in [0.25, 0.3) is 10.1 Å². The highest BCUT2D eigenvalue weighted by Gasteiger charge is 1.98. The van der Waals surface area contributed by atoms with Crippen LogP contribution in [-0.4, -0.2) is 0 Å². The highest BCUT2D eigenvalue weighted by molar-refractivity contribution is 14.1. The summed E-state index contributed by atoms with van der Waals surface area (Å²) in [6.07, 6.45) is 0. The summed E-state index contributed by atoms with van der Waals surface area (Å²) >= 11 is 3.38. The van der Waals surface area contributed by atoms with Crippen molar-refractivity contribution in [1.82, 2.24) is 0 Å². The maximum atomic E-state index is 11.2. The molecule has 0 amide bonds. The standard InChI is InChI=1S/C9H5IOS/c10-7-5-6-3-1-2-4-8(6)12-9(7)11/h1-5H. The Morgan fingerprint density at radius 3 is 2.83 bits per heavy atom. The van der Waals surface area contributed by atoms with E-state index in [9.17, 15) is 4.79 Å². The minimum atomic E-state index is 0.147. The second-order valence-corrected chi connectivity index (χ2v) is 4.60. The van der Waals surface area contributed by atoms with Crippen molar-refractivity contribution in [1.29, 1.82) is 0 Å². The molecule has 0 atom stereocenters. The van der Waals surface area contributed by atoms with Gasteiger partial charge in [-0.3, -0.25) is 4.79 Å². The Morgan fingerprint density at radius 2 is 2.00 bits per heavy atom. The fraction of sp³-hybridized carbons (Fsp3) is 0. The lowest BCUT2D eigenvalue weighted by molar-refractivity contribution is 1.71. The predicted molar refractivity (Wildman–Crippen MR) is 60.8 cm³/mol. The van der Waals surface area contributed by atoms with Gasteiger partial charge in [-0.1, -0.05) is 29.5 Å². The third-order valence-corrected chi connectivity index (χ3v) is 3.76. The quantitative estimate of drug-likeness (QED) is 0.681. The molecule has 0 aliphatic heterocycles. The molecule has 3 heteroatoms. The van der Waals surface area contributed by atoms with Crippen LogP contribution in [0.1, 0.15) is 0 Å². The molecule has 0 bridgehead atoms. The van der Waals surface area contributed by atoms with Crippen LogP contribution < -0.4 is 4.74 Å². The molecule has 1 heterocycles. The van der Waals surface area contributed by atoms with Gasteiger partial charge in [-0.15, -0.1) is 0 Å². The Hall–Kier alpha value is -0.420. The molecule has 0 unspecified atom stereocenters. The average Bonchev–Trinajstić information content (AvgIpc) is 2.07. The van der Waals surface area contributed by atoms with E-state index in [0.717, 1.165) is 13.7 Å². The molecule has 1 nitrogen and oxygen atoms in total. The van der Waals surface area contributed by atoms with E-state index < -0.39 is 0 Å². The van der Waals surface area contributed by atoms with Crippen molar-refractivity contribution in [3.63, 3.8) is 0 Å². The molecule has 2 aromatic rings. The molecule has 12 heavy (non-hydrogen) atoms. The molecule has 60 valence electrons. The number of rotatable bonds is 0. The summed E-state index contributed by atoms with van der Waals surface area (Å²) in [7, 11) is 0. The number of hydrogen-bond acceptors (Lipinski definition) is 2. The lowest BCUT2D eigenvalue weighted by atomic mass is 10.2. The zero-order valence-electron chi connectivity index (χ0n) is 6.08. The van der Waals surface area contributed by atoms with E-state index in [1.54, 1.807) is 0 Å². The fourth-order valence-corrected chi connectivity index (χ4v) is 2.45. The van der Waals surface area contributed by atoms with Crippen molar-refractivity contribution in [3.8, 4) is 0 Å². The number of fused-ring (bicyclic) bond motifs is 1. The molecule has 0 fully saturated rings. The monoisotopic (exact) mass is 288 g/mol. The Bertz CT molecular complexity index is 475. The van der Waals surface area contributed by atoms with E-state index in [0.29, 0.717) is 0 Å². The fourth-order valence-electron chi connectivity index (χ4n) is 1.04. The maximum Gasteiger partial charge on any atom is 0.246 e. The van der Waals surface area contributed by atoms with Gasteiger partial charge in [0.1, 0.15) is 0 Å². The van der Waals surface area contributed by atoms with Crippen LogP contribution in [0, 0.1) is 3.57 Å². The molecule has 1 aromatic heterocycles. The van der Waals surface area contributed by atoms with Crippen molar-refractivity contribution in [2.45, 2.75) is 0 Å². The number of hydrogen-bond donors (Lipinski definition) is 0. The van der Waals surface area contributed by atoms with E-state index >= 15 is 0 Å². The molecular formula is C9H5IOS.